The highest BCUT2D eigenvalue weighted by Crippen LogP contribution is 2.17. The predicted molar refractivity (Wildman–Crippen MR) is 160 cm³/mol. The van der Waals surface area contributed by atoms with Crippen LogP contribution in [-0.4, -0.2) is 78.2 Å². The highest BCUT2D eigenvalue weighted by atomic mass is 16.2. The van der Waals surface area contributed by atoms with Crippen LogP contribution in [0.15, 0.2) is 30.3 Å². The number of nitrogens with one attached hydrogen (secondary N) is 2. The summed E-state index contributed by atoms with van der Waals surface area (Å²) in [5.41, 5.74) is 7.22. The Labute approximate surface area is 241 Å². The lowest BCUT2D eigenvalue weighted by Crippen LogP contribution is -2.60. The molecule has 4 amide bonds. The van der Waals surface area contributed by atoms with Gasteiger partial charge in [-0.05, 0) is 42.1 Å². The lowest BCUT2D eigenvalue weighted by atomic mass is 9.96. The zero-order valence-corrected chi connectivity index (χ0v) is 26.2. The quantitative estimate of drug-likeness (QED) is 0.305. The second-order valence-electron chi connectivity index (χ2n) is 12.3. The van der Waals surface area contributed by atoms with Crippen LogP contribution < -0.4 is 16.4 Å². The van der Waals surface area contributed by atoms with Gasteiger partial charge in [-0.15, -0.1) is 0 Å². The van der Waals surface area contributed by atoms with E-state index in [1.807, 2.05) is 85.7 Å². The Morgan fingerprint density at radius 3 is 1.82 bits per heavy atom. The van der Waals surface area contributed by atoms with Crippen molar-refractivity contribution in [2.45, 2.75) is 92.4 Å². The van der Waals surface area contributed by atoms with Crippen LogP contribution in [0.1, 0.15) is 67.4 Å². The monoisotopic (exact) mass is 559 g/mol. The summed E-state index contributed by atoms with van der Waals surface area (Å²) in [6.45, 7) is 15.6. The number of hydrogen-bond acceptors (Lipinski definition) is 5. The van der Waals surface area contributed by atoms with Crippen LogP contribution >= 0.6 is 0 Å². The van der Waals surface area contributed by atoms with E-state index in [4.69, 9.17) is 5.73 Å². The molecule has 0 aliphatic carbocycles. The molecular weight excluding hydrogens is 506 g/mol. The summed E-state index contributed by atoms with van der Waals surface area (Å²) in [5, 5.41) is 5.88. The molecule has 0 spiro atoms. The maximum atomic E-state index is 13.7. The van der Waals surface area contributed by atoms with E-state index in [0.29, 0.717) is 19.4 Å². The fourth-order valence-electron chi connectivity index (χ4n) is 4.69. The second-order valence-corrected chi connectivity index (χ2v) is 12.3. The van der Waals surface area contributed by atoms with Gasteiger partial charge in [0.1, 0.15) is 18.1 Å². The highest BCUT2D eigenvalue weighted by Gasteiger charge is 2.38. The van der Waals surface area contributed by atoms with Crippen LogP contribution in [0.4, 0.5) is 0 Å². The van der Waals surface area contributed by atoms with Gasteiger partial charge in [-0.2, -0.15) is 0 Å². The van der Waals surface area contributed by atoms with Crippen LogP contribution in [0.2, 0.25) is 0 Å². The minimum atomic E-state index is -0.868. The molecule has 0 saturated carbocycles. The van der Waals surface area contributed by atoms with Gasteiger partial charge in [-0.1, -0.05) is 85.7 Å². The molecule has 9 nitrogen and oxygen atoms in total. The van der Waals surface area contributed by atoms with Crippen molar-refractivity contribution in [3.05, 3.63) is 35.9 Å². The van der Waals surface area contributed by atoms with Gasteiger partial charge in [0.25, 0.3) is 0 Å². The second kappa shape index (κ2) is 16.4. The fraction of sp³-hybridized carbons (Fsp3) is 0.677. The third-order valence-corrected chi connectivity index (χ3v) is 7.27. The summed E-state index contributed by atoms with van der Waals surface area (Å²) in [7, 11) is 3.19. The van der Waals surface area contributed by atoms with Crippen molar-refractivity contribution in [1.82, 2.24) is 20.4 Å². The van der Waals surface area contributed by atoms with Crippen LogP contribution in [0, 0.1) is 23.7 Å². The summed E-state index contributed by atoms with van der Waals surface area (Å²) >= 11 is 0. The summed E-state index contributed by atoms with van der Waals surface area (Å²) < 4.78 is 0. The number of carbonyl (C=O) groups is 4. The maximum Gasteiger partial charge on any atom is 0.245 e. The van der Waals surface area contributed by atoms with E-state index >= 15 is 0 Å². The van der Waals surface area contributed by atoms with Crippen molar-refractivity contribution in [3.63, 3.8) is 0 Å². The Morgan fingerprint density at radius 2 is 1.35 bits per heavy atom. The number of likely N-dealkylation sites (N-methyl/N-ethyl adjacent to an activating group) is 2. The molecule has 40 heavy (non-hydrogen) atoms. The van der Waals surface area contributed by atoms with E-state index in [0.717, 1.165) is 5.56 Å². The lowest BCUT2D eigenvalue weighted by molar-refractivity contribution is -0.146. The van der Waals surface area contributed by atoms with Gasteiger partial charge in [-0.25, -0.2) is 0 Å². The summed E-state index contributed by atoms with van der Waals surface area (Å²) in [5.74, 6) is -1.65. The molecule has 0 saturated heterocycles. The average molecular weight is 560 g/mol. The molecule has 0 fully saturated rings. The highest BCUT2D eigenvalue weighted by molar-refractivity contribution is 5.95. The third kappa shape index (κ3) is 10.2. The van der Waals surface area contributed by atoms with Gasteiger partial charge in [0, 0.05) is 20.6 Å². The molecule has 4 N–H and O–H groups in total. The Hall–Kier alpha value is -2.94. The smallest absolute Gasteiger partial charge is 0.245 e. The standard InChI is InChI=1S/C31H53N5O4/c1-19(2)18-24(35(9)30(39)25(32)20(3)4)28(37)34-26(21(5)6)31(40)36(10)27(22(7)8)29(38)33-17-16-23-14-12-11-13-15-23/h11-15,19-22,24-27H,16-18,32H2,1-10H3,(H,33,38)(H,34,37)/t24-,25-,26-,27-/m1/s1. The van der Waals surface area contributed by atoms with E-state index in [1.165, 1.54) is 9.80 Å². The van der Waals surface area contributed by atoms with Gasteiger partial charge >= 0.3 is 0 Å². The summed E-state index contributed by atoms with van der Waals surface area (Å²) in [6, 6.07) is 6.79. The topological polar surface area (TPSA) is 125 Å². The molecule has 9 heteroatoms. The largest absolute Gasteiger partial charge is 0.354 e. The van der Waals surface area contributed by atoms with Crippen molar-refractivity contribution >= 4 is 23.6 Å². The molecule has 1 rings (SSSR count). The number of nitrogens with two attached hydrogens (primary N) is 1. The van der Waals surface area contributed by atoms with Crippen LogP contribution in [0.25, 0.3) is 0 Å². The molecule has 0 aromatic heterocycles. The average Bonchev–Trinajstić information content (AvgIpc) is 2.88. The predicted octanol–water partition coefficient (Wildman–Crippen LogP) is 2.83. The molecule has 0 bridgehead atoms. The molecule has 1 aromatic carbocycles. The van der Waals surface area contributed by atoms with E-state index in [2.05, 4.69) is 10.6 Å². The fourth-order valence-corrected chi connectivity index (χ4v) is 4.69. The Morgan fingerprint density at radius 1 is 0.775 bits per heavy atom. The van der Waals surface area contributed by atoms with Crippen molar-refractivity contribution in [3.8, 4) is 0 Å². The zero-order valence-electron chi connectivity index (χ0n) is 26.2. The van der Waals surface area contributed by atoms with Crippen molar-refractivity contribution in [2.24, 2.45) is 29.4 Å². The van der Waals surface area contributed by atoms with Gasteiger partial charge in [-0.3, -0.25) is 19.2 Å². The number of carbonyl (C=O) groups excluding carboxylic acids is 4. The number of nitrogens with zero attached hydrogens (tertiary/aromatic N) is 2. The molecule has 0 radical (unpaired) electrons. The van der Waals surface area contributed by atoms with Gasteiger partial charge in [0.05, 0.1) is 6.04 Å². The van der Waals surface area contributed by atoms with E-state index in [-0.39, 0.29) is 41.4 Å². The Bertz CT molecular complexity index is 964. The molecule has 0 aliphatic heterocycles. The van der Waals surface area contributed by atoms with Gasteiger partial charge < -0.3 is 26.2 Å². The Kier molecular flexibility index (Phi) is 14.3. The minimum absolute atomic E-state index is 0.0804. The molecule has 1 aromatic rings. The van der Waals surface area contributed by atoms with Crippen molar-refractivity contribution in [2.75, 3.05) is 20.6 Å². The molecule has 226 valence electrons. The molecule has 4 atom stereocenters. The zero-order chi connectivity index (χ0) is 30.7. The number of rotatable bonds is 15. The molecule has 0 aliphatic rings. The van der Waals surface area contributed by atoms with Crippen molar-refractivity contribution in [1.29, 1.82) is 0 Å². The summed E-state index contributed by atoms with van der Waals surface area (Å²) in [6.07, 6.45) is 1.11. The number of benzene rings is 1. The summed E-state index contributed by atoms with van der Waals surface area (Å²) in [4.78, 5) is 56.4. The number of hydrogen-bond donors (Lipinski definition) is 3. The maximum absolute atomic E-state index is 13.7. The third-order valence-electron chi connectivity index (χ3n) is 7.27. The van der Waals surface area contributed by atoms with Crippen molar-refractivity contribution < 1.29 is 19.2 Å². The van der Waals surface area contributed by atoms with Gasteiger partial charge in [0.2, 0.25) is 23.6 Å². The first-order valence-corrected chi connectivity index (χ1v) is 14.5. The van der Waals surface area contributed by atoms with Crippen LogP contribution in [0.3, 0.4) is 0 Å². The minimum Gasteiger partial charge on any atom is -0.354 e. The molecule has 0 unspecified atom stereocenters. The SMILES string of the molecule is CC(C)C[C@H](C(=O)N[C@@H](C(=O)N(C)[C@@H](C(=O)NCCc1ccccc1)C(C)C)C(C)C)N(C)C(=O)[C@H](N)C(C)C. The number of amides is 4. The van der Waals surface area contributed by atoms with Gasteiger partial charge in [0.15, 0.2) is 0 Å². The van der Waals surface area contributed by atoms with Crippen LogP contribution in [-0.2, 0) is 25.6 Å². The van der Waals surface area contributed by atoms with Crippen LogP contribution in [0.5, 0.6) is 0 Å². The first-order valence-electron chi connectivity index (χ1n) is 14.5. The van der Waals surface area contributed by atoms with E-state index in [9.17, 15) is 19.2 Å². The molecule has 0 heterocycles. The first-order chi connectivity index (χ1) is 18.6. The molecular formula is C31H53N5O4. The Balaban J connectivity index is 3.07. The normalized spacial score (nSPS) is 14.6. The lowest BCUT2D eigenvalue weighted by Gasteiger charge is -2.36. The van der Waals surface area contributed by atoms with E-state index < -0.39 is 30.1 Å². The van der Waals surface area contributed by atoms with E-state index in [1.54, 1.807) is 14.1 Å². The first kappa shape index (κ1) is 35.1.